The van der Waals surface area contributed by atoms with Gasteiger partial charge in [-0.3, -0.25) is 0 Å². The molecule has 1 rings (SSSR count). The van der Waals surface area contributed by atoms with Gasteiger partial charge >= 0.3 is 0 Å². The Bertz CT molecular complexity index is 184. The third-order valence-corrected chi connectivity index (χ3v) is 1.76. The maximum absolute atomic E-state index is 9.15. The van der Waals surface area contributed by atoms with Gasteiger partial charge in [0.2, 0.25) is 0 Å². The highest BCUT2D eigenvalue weighted by atomic mass is 16.6. The van der Waals surface area contributed by atoms with Crippen LogP contribution in [0.1, 0.15) is 1.37 Å². The summed E-state index contributed by atoms with van der Waals surface area (Å²) in [6.07, 6.45) is -9.14. The van der Waals surface area contributed by atoms with Crippen LogP contribution in [-0.2, 0) is 4.74 Å². The summed E-state index contributed by atoms with van der Waals surface area (Å²) in [5, 5.41) is 45.0. The molecule has 6 heteroatoms. The van der Waals surface area contributed by atoms with E-state index in [1.165, 1.54) is 0 Å². The van der Waals surface area contributed by atoms with E-state index in [0.29, 0.717) is 0 Å². The minimum Gasteiger partial charge on any atom is -0.394 e. The molecule has 0 aromatic carbocycles. The van der Waals surface area contributed by atoms with Crippen LogP contribution in [0.15, 0.2) is 0 Å². The topological polar surface area (TPSA) is 110 Å². The molecule has 0 amide bonds. The lowest BCUT2D eigenvalue weighted by Gasteiger charge is -2.37. The molecule has 6 nitrogen and oxygen atoms in total. The zero-order chi connectivity index (χ0) is 10.2. The summed E-state index contributed by atoms with van der Waals surface area (Å²) >= 11 is 0. The second-order valence-corrected chi connectivity index (χ2v) is 2.60. The molecule has 1 saturated heterocycles. The summed E-state index contributed by atoms with van der Waals surface area (Å²) in [5.41, 5.74) is 0. The van der Waals surface area contributed by atoms with Crippen LogP contribution in [0.5, 0.6) is 0 Å². The van der Waals surface area contributed by atoms with Gasteiger partial charge in [0.1, 0.15) is 24.4 Å². The van der Waals surface area contributed by atoms with Crippen molar-refractivity contribution in [2.75, 3.05) is 6.61 Å². The molecular weight excluding hydrogens is 168 g/mol. The van der Waals surface area contributed by atoms with Crippen molar-refractivity contribution >= 4 is 0 Å². The van der Waals surface area contributed by atoms with Gasteiger partial charge in [-0.25, -0.2) is 0 Å². The summed E-state index contributed by atoms with van der Waals surface area (Å²) in [6.45, 7) is -0.661. The normalized spacial score (nSPS) is 56.6. The van der Waals surface area contributed by atoms with Gasteiger partial charge in [-0.05, 0) is 0 Å². The highest BCUT2D eigenvalue weighted by molar-refractivity contribution is 4.87. The van der Waals surface area contributed by atoms with Crippen LogP contribution in [0.4, 0.5) is 0 Å². The lowest BCUT2D eigenvalue weighted by Crippen LogP contribution is -2.58. The number of hydrogen-bond donors (Lipinski definition) is 5. The predicted octanol–water partition coefficient (Wildman–Crippen LogP) is -3.22. The largest absolute Gasteiger partial charge is 0.394 e. The van der Waals surface area contributed by atoms with E-state index < -0.39 is 37.3 Å². The fourth-order valence-corrected chi connectivity index (χ4v) is 0.993. The van der Waals surface area contributed by atoms with Crippen LogP contribution < -0.4 is 0 Å². The third kappa shape index (κ3) is 1.58. The van der Waals surface area contributed by atoms with E-state index in [0.717, 1.165) is 0 Å². The van der Waals surface area contributed by atoms with Crippen LogP contribution in [0.3, 0.4) is 0 Å². The van der Waals surface area contributed by atoms with Crippen LogP contribution in [-0.4, -0.2) is 62.8 Å². The van der Waals surface area contributed by atoms with Crippen LogP contribution in [0.2, 0.25) is 0 Å². The van der Waals surface area contributed by atoms with Crippen molar-refractivity contribution in [1.29, 1.82) is 0 Å². The smallest absolute Gasteiger partial charge is 0.184 e. The van der Waals surface area contributed by atoms with Crippen molar-refractivity contribution in [3.63, 3.8) is 0 Å². The fourth-order valence-electron chi connectivity index (χ4n) is 0.993. The first-order chi connectivity index (χ1) is 5.90. The quantitative estimate of drug-likeness (QED) is 0.291. The first-order valence-electron chi connectivity index (χ1n) is 3.95. The molecule has 1 unspecified atom stereocenters. The van der Waals surface area contributed by atoms with E-state index in [-0.39, 0.29) is 0 Å². The average molecular weight is 181 g/mol. The molecule has 5 N–H and O–H groups in total. The standard InChI is InChI=1S/C6H12O6/c7-1-2-3(8)4(9)5(10)6(11)12-2/h2-11H,1H2/t2-,3-,4+,5+,6?/m1/s1/i6D. The molecule has 0 saturated carbocycles. The van der Waals surface area contributed by atoms with Gasteiger partial charge in [0.25, 0.3) is 0 Å². The molecule has 1 aliphatic rings. The summed E-state index contributed by atoms with van der Waals surface area (Å²) < 4.78 is 11.4. The summed E-state index contributed by atoms with van der Waals surface area (Å²) in [4.78, 5) is 0. The maximum atomic E-state index is 9.15. The molecule has 0 spiro atoms. The molecule has 0 bridgehead atoms. The van der Waals surface area contributed by atoms with Crippen LogP contribution >= 0.6 is 0 Å². The van der Waals surface area contributed by atoms with E-state index in [1.807, 2.05) is 0 Å². The molecular formula is C6H12O6. The third-order valence-electron chi connectivity index (χ3n) is 1.76. The minimum absolute atomic E-state index is 0.661. The van der Waals surface area contributed by atoms with Crippen molar-refractivity contribution in [3.05, 3.63) is 0 Å². The highest BCUT2D eigenvalue weighted by Gasteiger charge is 2.42. The molecule has 0 aromatic rings. The Morgan fingerprint density at radius 2 is 1.67 bits per heavy atom. The van der Waals surface area contributed by atoms with Gasteiger partial charge in [-0.2, -0.15) is 0 Å². The number of hydrogen-bond acceptors (Lipinski definition) is 6. The van der Waals surface area contributed by atoms with Crippen molar-refractivity contribution in [2.45, 2.75) is 30.7 Å². The van der Waals surface area contributed by atoms with Crippen LogP contribution in [0, 0.1) is 0 Å². The van der Waals surface area contributed by atoms with Gasteiger partial charge in [0.05, 0.1) is 7.98 Å². The fraction of sp³-hybridized carbons (Fsp3) is 1.00. The second kappa shape index (κ2) is 3.65. The van der Waals surface area contributed by atoms with Gasteiger partial charge in [0.15, 0.2) is 6.27 Å². The number of ether oxygens (including phenoxy) is 1. The summed E-state index contributed by atoms with van der Waals surface area (Å²) in [6, 6.07) is 0. The van der Waals surface area contributed by atoms with Gasteiger partial charge in [-0.15, -0.1) is 0 Å². The second-order valence-electron chi connectivity index (χ2n) is 2.60. The molecule has 1 heterocycles. The Balaban J connectivity index is 2.79. The molecule has 0 aromatic heterocycles. The lowest BCUT2D eigenvalue weighted by molar-refractivity contribution is -0.286. The number of aliphatic hydroxyl groups excluding tert-OH is 4. The Hall–Kier alpha value is -0.240. The Morgan fingerprint density at radius 3 is 2.17 bits per heavy atom. The van der Waals surface area contributed by atoms with Crippen molar-refractivity contribution in [2.24, 2.45) is 0 Å². The molecule has 1 fully saturated rings. The Morgan fingerprint density at radius 1 is 1.08 bits per heavy atom. The first kappa shape index (κ1) is 8.36. The SMILES string of the molecule is [2H]C1(O)O[C@H](CO)[C@@H](O)[C@H](O)[C@@H]1O. The molecule has 0 radical (unpaired) electrons. The van der Waals surface area contributed by atoms with E-state index in [4.69, 9.17) is 26.9 Å². The first-order valence-corrected chi connectivity index (χ1v) is 3.45. The lowest BCUT2D eigenvalue weighted by atomic mass is 10.00. The summed E-state index contributed by atoms with van der Waals surface area (Å²) in [5.74, 6) is 0. The zero-order valence-corrected chi connectivity index (χ0v) is 6.16. The monoisotopic (exact) mass is 181 g/mol. The Labute approximate surface area is 70.0 Å². The number of aliphatic hydroxyl groups is 5. The van der Waals surface area contributed by atoms with Gasteiger partial charge in [0, 0.05) is 0 Å². The van der Waals surface area contributed by atoms with E-state index in [1.54, 1.807) is 0 Å². The highest BCUT2D eigenvalue weighted by Crippen LogP contribution is 2.18. The number of rotatable bonds is 1. The zero-order valence-electron chi connectivity index (χ0n) is 7.16. The van der Waals surface area contributed by atoms with Gasteiger partial charge in [-0.1, -0.05) is 0 Å². The molecule has 5 atom stereocenters. The minimum atomic E-state index is -2.70. The predicted molar refractivity (Wildman–Crippen MR) is 36.0 cm³/mol. The van der Waals surface area contributed by atoms with Crippen molar-refractivity contribution < 1.29 is 31.6 Å². The molecule has 72 valence electrons. The molecule has 1 aliphatic heterocycles. The average Bonchev–Trinajstić information content (AvgIpc) is 2.08. The summed E-state index contributed by atoms with van der Waals surface area (Å²) in [7, 11) is 0. The van der Waals surface area contributed by atoms with Crippen LogP contribution in [0.25, 0.3) is 0 Å². The van der Waals surface area contributed by atoms with Gasteiger partial charge < -0.3 is 30.3 Å². The van der Waals surface area contributed by atoms with E-state index >= 15 is 0 Å². The maximum Gasteiger partial charge on any atom is 0.184 e. The Kier molecular flexibility index (Phi) is 2.54. The van der Waals surface area contributed by atoms with Crippen molar-refractivity contribution in [1.82, 2.24) is 0 Å². The van der Waals surface area contributed by atoms with E-state index in [2.05, 4.69) is 4.74 Å². The molecule has 0 aliphatic carbocycles. The molecule has 12 heavy (non-hydrogen) atoms. The van der Waals surface area contributed by atoms with E-state index in [9.17, 15) is 0 Å². The van der Waals surface area contributed by atoms with Crippen molar-refractivity contribution in [3.8, 4) is 0 Å².